The Morgan fingerprint density at radius 2 is 2.35 bits per heavy atom. The Morgan fingerprint density at radius 3 is 3.06 bits per heavy atom. The fourth-order valence-corrected chi connectivity index (χ4v) is 1.69. The maximum absolute atomic E-state index is 10.8. The van der Waals surface area contributed by atoms with Gasteiger partial charge in [-0.15, -0.1) is 0 Å². The highest BCUT2D eigenvalue weighted by Crippen LogP contribution is 2.13. The molecule has 0 aliphatic rings. The van der Waals surface area contributed by atoms with Gasteiger partial charge < -0.3 is 10.1 Å². The number of aromatic nitrogens is 2. The van der Waals surface area contributed by atoms with Crippen molar-refractivity contribution >= 4 is 17.0 Å². The van der Waals surface area contributed by atoms with Crippen LogP contribution in [0.3, 0.4) is 0 Å². The summed E-state index contributed by atoms with van der Waals surface area (Å²) in [6.45, 7) is 2.28. The molecule has 1 aromatic heterocycles. The Bertz CT molecular complexity index is 535. The second kappa shape index (κ2) is 4.55. The maximum atomic E-state index is 10.8. The van der Waals surface area contributed by atoms with E-state index in [1.165, 1.54) is 0 Å². The van der Waals surface area contributed by atoms with Crippen LogP contribution in [0.15, 0.2) is 24.5 Å². The molecule has 2 aromatic rings. The van der Waals surface area contributed by atoms with Gasteiger partial charge in [0.2, 0.25) is 0 Å². The molecule has 0 saturated heterocycles. The number of fused-ring (bicyclic) bond motifs is 1. The lowest BCUT2D eigenvalue weighted by atomic mass is 10.1. The van der Waals surface area contributed by atoms with Crippen molar-refractivity contribution in [3.8, 4) is 0 Å². The Hall–Kier alpha value is -1.88. The summed E-state index contributed by atoms with van der Waals surface area (Å²) in [6.07, 6.45) is 1.65. The summed E-state index contributed by atoms with van der Waals surface area (Å²) in [5, 5.41) is 8.91. The number of aliphatic carboxylic acids is 1. The van der Waals surface area contributed by atoms with Crippen molar-refractivity contribution < 1.29 is 9.90 Å². The summed E-state index contributed by atoms with van der Waals surface area (Å²) >= 11 is 0. The van der Waals surface area contributed by atoms with Gasteiger partial charge in [0.1, 0.15) is 6.04 Å². The van der Waals surface area contributed by atoms with Gasteiger partial charge in [-0.1, -0.05) is 6.07 Å². The number of likely N-dealkylation sites (N-methyl/N-ethyl adjacent to an activating group) is 1. The van der Waals surface area contributed by atoms with Crippen LogP contribution < -0.4 is 0 Å². The van der Waals surface area contributed by atoms with E-state index in [9.17, 15) is 4.79 Å². The molecule has 0 radical (unpaired) electrons. The molecular formula is C12H15N3O2. The van der Waals surface area contributed by atoms with Crippen molar-refractivity contribution in [2.45, 2.75) is 19.5 Å². The average molecular weight is 233 g/mol. The summed E-state index contributed by atoms with van der Waals surface area (Å²) in [7, 11) is 1.80. The van der Waals surface area contributed by atoms with Crippen LogP contribution in [-0.2, 0) is 11.3 Å². The molecule has 1 atom stereocenters. The third kappa shape index (κ3) is 2.45. The number of hydrogen-bond donors (Lipinski definition) is 2. The summed E-state index contributed by atoms with van der Waals surface area (Å²) in [4.78, 5) is 19.8. The van der Waals surface area contributed by atoms with E-state index in [2.05, 4.69) is 9.97 Å². The molecule has 0 spiro atoms. The third-order valence-corrected chi connectivity index (χ3v) is 2.94. The van der Waals surface area contributed by atoms with Crippen LogP contribution in [0.5, 0.6) is 0 Å². The average Bonchev–Trinajstić information content (AvgIpc) is 2.74. The van der Waals surface area contributed by atoms with Crippen LogP contribution in [0.2, 0.25) is 0 Å². The monoisotopic (exact) mass is 233 g/mol. The van der Waals surface area contributed by atoms with Crippen molar-refractivity contribution in [1.29, 1.82) is 0 Å². The Labute approximate surface area is 99.1 Å². The first-order valence-electron chi connectivity index (χ1n) is 5.43. The highest BCUT2D eigenvalue weighted by Gasteiger charge is 2.16. The summed E-state index contributed by atoms with van der Waals surface area (Å²) in [5.74, 6) is -0.810. The van der Waals surface area contributed by atoms with Crippen molar-refractivity contribution in [2.75, 3.05) is 7.05 Å². The summed E-state index contributed by atoms with van der Waals surface area (Å²) < 4.78 is 0. The smallest absolute Gasteiger partial charge is 0.320 e. The molecular weight excluding hydrogens is 218 g/mol. The lowest BCUT2D eigenvalue weighted by Crippen LogP contribution is -2.35. The van der Waals surface area contributed by atoms with Gasteiger partial charge in [-0.25, -0.2) is 4.98 Å². The largest absolute Gasteiger partial charge is 0.480 e. The first-order valence-corrected chi connectivity index (χ1v) is 5.43. The van der Waals surface area contributed by atoms with Gasteiger partial charge in [-0.3, -0.25) is 9.69 Å². The fourth-order valence-electron chi connectivity index (χ4n) is 1.69. The molecule has 1 unspecified atom stereocenters. The third-order valence-electron chi connectivity index (χ3n) is 2.94. The minimum atomic E-state index is -0.810. The lowest BCUT2D eigenvalue weighted by Gasteiger charge is -2.20. The fraction of sp³-hybridized carbons (Fsp3) is 0.333. The van der Waals surface area contributed by atoms with Crippen LogP contribution in [-0.4, -0.2) is 39.0 Å². The molecule has 0 saturated carbocycles. The molecule has 90 valence electrons. The second-order valence-corrected chi connectivity index (χ2v) is 4.18. The minimum absolute atomic E-state index is 0.493. The lowest BCUT2D eigenvalue weighted by molar-refractivity contribution is -0.142. The van der Waals surface area contributed by atoms with Gasteiger partial charge in [0.05, 0.1) is 17.4 Å². The number of H-pyrrole nitrogens is 1. The normalized spacial score (nSPS) is 13.1. The SMILES string of the molecule is CC(C(=O)O)N(C)Cc1ccc2nc[nH]c2c1. The standard InChI is InChI=1S/C12H15N3O2/c1-8(12(16)17)15(2)6-9-3-4-10-11(5-9)14-7-13-10/h3-5,7-8H,6H2,1-2H3,(H,13,14)(H,16,17). The molecule has 1 aromatic carbocycles. The van der Waals surface area contributed by atoms with Crippen molar-refractivity contribution in [3.05, 3.63) is 30.1 Å². The maximum Gasteiger partial charge on any atom is 0.320 e. The highest BCUT2D eigenvalue weighted by molar-refractivity contribution is 5.75. The predicted octanol–water partition coefficient (Wildman–Crippen LogP) is 1.47. The molecule has 0 amide bonds. The predicted molar refractivity (Wildman–Crippen MR) is 64.7 cm³/mol. The molecule has 1 heterocycles. The number of carboxylic acids is 1. The van der Waals surface area contributed by atoms with E-state index in [4.69, 9.17) is 5.11 Å². The second-order valence-electron chi connectivity index (χ2n) is 4.18. The molecule has 0 aliphatic carbocycles. The Balaban J connectivity index is 2.15. The van der Waals surface area contributed by atoms with Gasteiger partial charge in [-0.05, 0) is 31.7 Å². The van der Waals surface area contributed by atoms with Gasteiger partial charge in [0, 0.05) is 6.54 Å². The van der Waals surface area contributed by atoms with E-state index in [0.29, 0.717) is 6.54 Å². The zero-order chi connectivity index (χ0) is 12.4. The van der Waals surface area contributed by atoms with Crippen LogP contribution >= 0.6 is 0 Å². The molecule has 5 heteroatoms. The van der Waals surface area contributed by atoms with Gasteiger partial charge in [0.15, 0.2) is 0 Å². The van der Waals surface area contributed by atoms with Crippen molar-refractivity contribution in [2.24, 2.45) is 0 Å². The first-order chi connectivity index (χ1) is 8.08. The van der Waals surface area contributed by atoms with Gasteiger partial charge in [-0.2, -0.15) is 0 Å². The molecule has 2 rings (SSSR count). The quantitative estimate of drug-likeness (QED) is 0.839. The van der Waals surface area contributed by atoms with E-state index in [-0.39, 0.29) is 0 Å². The van der Waals surface area contributed by atoms with Gasteiger partial charge in [0.25, 0.3) is 0 Å². The van der Waals surface area contributed by atoms with Crippen molar-refractivity contribution in [3.63, 3.8) is 0 Å². The van der Waals surface area contributed by atoms with E-state index < -0.39 is 12.0 Å². The van der Waals surface area contributed by atoms with E-state index in [0.717, 1.165) is 16.6 Å². The molecule has 17 heavy (non-hydrogen) atoms. The van der Waals surface area contributed by atoms with E-state index in [1.807, 2.05) is 18.2 Å². The van der Waals surface area contributed by atoms with Crippen molar-refractivity contribution in [1.82, 2.24) is 14.9 Å². The highest BCUT2D eigenvalue weighted by atomic mass is 16.4. The number of carboxylic acid groups (broad SMARTS) is 1. The number of benzene rings is 1. The van der Waals surface area contributed by atoms with E-state index >= 15 is 0 Å². The van der Waals surface area contributed by atoms with E-state index in [1.54, 1.807) is 25.2 Å². The number of nitrogens with one attached hydrogen (secondary N) is 1. The zero-order valence-corrected chi connectivity index (χ0v) is 9.84. The zero-order valence-electron chi connectivity index (χ0n) is 9.84. The Morgan fingerprint density at radius 1 is 1.59 bits per heavy atom. The number of carbonyl (C=O) groups is 1. The number of imidazole rings is 1. The van der Waals surface area contributed by atoms with Crippen LogP contribution in [0.1, 0.15) is 12.5 Å². The molecule has 0 fully saturated rings. The molecule has 0 aliphatic heterocycles. The first kappa shape index (κ1) is 11.6. The molecule has 2 N–H and O–H groups in total. The summed E-state index contributed by atoms with van der Waals surface area (Å²) in [6, 6.07) is 5.40. The number of nitrogens with zero attached hydrogens (tertiary/aromatic N) is 2. The van der Waals surface area contributed by atoms with Crippen LogP contribution in [0, 0.1) is 0 Å². The van der Waals surface area contributed by atoms with Crippen LogP contribution in [0.25, 0.3) is 11.0 Å². The van der Waals surface area contributed by atoms with Crippen LogP contribution in [0.4, 0.5) is 0 Å². The number of aromatic amines is 1. The number of rotatable bonds is 4. The minimum Gasteiger partial charge on any atom is -0.480 e. The molecule has 5 nitrogen and oxygen atoms in total. The Kier molecular flexibility index (Phi) is 3.10. The molecule has 0 bridgehead atoms. The van der Waals surface area contributed by atoms with Gasteiger partial charge >= 0.3 is 5.97 Å². The topological polar surface area (TPSA) is 69.2 Å². The summed E-state index contributed by atoms with van der Waals surface area (Å²) in [5.41, 5.74) is 2.96. The number of hydrogen-bond acceptors (Lipinski definition) is 3.